The second-order valence-electron chi connectivity index (χ2n) is 5.70. The predicted molar refractivity (Wildman–Crippen MR) is 60.6 cm³/mol. The minimum atomic E-state index is 0.292. The Kier molecular flexibility index (Phi) is 3.01. The Labute approximate surface area is 92.2 Å². The van der Waals surface area contributed by atoms with E-state index in [9.17, 15) is 4.79 Å². The standard InChI is InChI=1S/C12H22N2O/c1-12(2)5-8-14(9-12)11(15)10-3-6-13-7-4-10/h10,13H,3-9H2,1-2H3. The average molecular weight is 210 g/mol. The molecular weight excluding hydrogens is 188 g/mol. The summed E-state index contributed by atoms with van der Waals surface area (Å²) < 4.78 is 0. The first-order chi connectivity index (χ1) is 7.08. The van der Waals surface area contributed by atoms with E-state index in [4.69, 9.17) is 0 Å². The molecule has 0 unspecified atom stereocenters. The van der Waals surface area contributed by atoms with Gasteiger partial charge < -0.3 is 10.2 Å². The Morgan fingerprint density at radius 2 is 2.00 bits per heavy atom. The van der Waals surface area contributed by atoms with Crippen molar-refractivity contribution in [3.8, 4) is 0 Å². The van der Waals surface area contributed by atoms with Crippen molar-refractivity contribution in [1.29, 1.82) is 0 Å². The topological polar surface area (TPSA) is 32.3 Å². The fourth-order valence-electron chi connectivity index (χ4n) is 2.63. The highest BCUT2D eigenvalue weighted by Gasteiger charge is 2.35. The van der Waals surface area contributed by atoms with Gasteiger partial charge in [-0.05, 0) is 37.8 Å². The summed E-state index contributed by atoms with van der Waals surface area (Å²) in [6.07, 6.45) is 3.20. The van der Waals surface area contributed by atoms with Gasteiger partial charge in [-0.15, -0.1) is 0 Å². The molecule has 3 heteroatoms. The molecule has 2 rings (SSSR count). The number of nitrogens with zero attached hydrogens (tertiary/aromatic N) is 1. The first-order valence-corrected chi connectivity index (χ1v) is 6.08. The number of likely N-dealkylation sites (tertiary alicyclic amines) is 1. The molecule has 1 amide bonds. The number of nitrogens with one attached hydrogen (secondary N) is 1. The van der Waals surface area contributed by atoms with Crippen LogP contribution in [-0.4, -0.2) is 37.0 Å². The van der Waals surface area contributed by atoms with Crippen molar-refractivity contribution < 1.29 is 4.79 Å². The second kappa shape index (κ2) is 4.12. The summed E-state index contributed by atoms with van der Waals surface area (Å²) >= 11 is 0. The largest absolute Gasteiger partial charge is 0.342 e. The summed E-state index contributed by atoms with van der Waals surface area (Å²) in [5.74, 6) is 0.697. The number of carbonyl (C=O) groups excluding carboxylic acids is 1. The van der Waals surface area contributed by atoms with Gasteiger partial charge in [-0.1, -0.05) is 13.8 Å². The van der Waals surface area contributed by atoms with Crippen LogP contribution in [0.2, 0.25) is 0 Å². The molecule has 86 valence electrons. The molecule has 0 aromatic carbocycles. The first-order valence-electron chi connectivity index (χ1n) is 6.08. The summed E-state index contributed by atoms with van der Waals surface area (Å²) in [5.41, 5.74) is 0.336. The van der Waals surface area contributed by atoms with Gasteiger partial charge in [0, 0.05) is 19.0 Å². The minimum Gasteiger partial charge on any atom is -0.342 e. The Morgan fingerprint density at radius 3 is 2.53 bits per heavy atom. The summed E-state index contributed by atoms with van der Waals surface area (Å²) in [5, 5.41) is 3.31. The lowest BCUT2D eigenvalue weighted by Crippen LogP contribution is -2.40. The van der Waals surface area contributed by atoms with E-state index in [-0.39, 0.29) is 0 Å². The van der Waals surface area contributed by atoms with Gasteiger partial charge in [0.15, 0.2) is 0 Å². The van der Waals surface area contributed by atoms with Crippen LogP contribution in [0, 0.1) is 11.3 Å². The van der Waals surface area contributed by atoms with E-state index in [0.29, 0.717) is 17.2 Å². The smallest absolute Gasteiger partial charge is 0.225 e. The van der Waals surface area contributed by atoms with Crippen LogP contribution in [0.5, 0.6) is 0 Å². The minimum absolute atomic E-state index is 0.292. The van der Waals surface area contributed by atoms with Crippen LogP contribution in [-0.2, 0) is 4.79 Å². The van der Waals surface area contributed by atoms with E-state index in [1.54, 1.807) is 0 Å². The van der Waals surface area contributed by atoms with Gasteiger partial charge in [0.1, 0.15) is 0 Å². The van der Waals surface area contributed by atoms with Crippen molar-refractivity contribution in [3.63, 3.8) is 0 Å². The molecule has 0 atom stereocenters. The quantitative estimate of drug-likeness (QED) is 0.706. The highest BCUT2D eigenvalue weighted by molar-refractivity contribution is 5.79. The number of rotatable bonds is 1. The van der Waals surface area contributed by atoms with E-state index in [0.717, 1.165) is 45.4 Å². The highest BCUT2D eigenvalue weighted by Crippen LogP contribution is 2.30. The maximum Gasteiger partial charge on any atom is 0.225 e. The van der Waals surface area contributed by atoms with Crippen LogP contribution in [0.4, 0.5) is 0 Å². The van der Waals surface area contributed by atoms with Crippen molar-refractivity contribution in [2.45, 2.75) is 33.1 Å². The number of carbonyl (C=O) groups is 1. The zero-order chi connectivity index (χ0) is 10.9. The van der Waals surface area contributed by atoms with Crippen molar-refractivity contribution in [1.82, 2.24) is 10.2 Å². The van der Waals surface area contributed by atoms with Crippen LogP contribution < -0.4 is 5.32 Å². The summed E-state index contributed by atoms with van der Waals surface area (Å²) in [6.45, 7) is 8.44. The van der Waals surface area contributed by atoms with Crippen LogP contribution >= 0.6 is 0 Å². The van der Waals surface area contributed by atoms with Crippen molar-refractivity contribution in [2.24, 2.45) is 11.3 Å². The van der Waals surface area contributed by atoms with Crippen LogP contribution in [0.15, 0.2) is 0 Å². The summed E-state index contributed by atoms with van der Waals surface area (Å²) in [7, 11) is 0. The van der Waals surface area contributed by atoms with E-state index >= 15 is 0 Å². The molecule has 0 spiro atoms. The maximum atomic E-state index is 12.2. The fourth-order valence-corrected chi connectivity index (χ4v) is 2.63. The van der Waals surface area contributed by atoms with E-state index in [1.807, 2.05) is 0 Å². The van der Waals surface area contributed by atoms with Crippen LogP contribution in [0.1, 0.15) is 33.1 Å². The van der Waals surface area contributed by atoms with E-state index in [2.05, 4.69) is 24.1 Å². The number of hydrogen-bond donors (Lipinski definition) is 1. The number of piperidine rings is 1. The summed E-state index contributed by atoms with van der Waals surface area (Å²) in [4.78, 5) is 14.3. The monoisotopic (exact) mass is 210 g/mol. The molecule has 2 aliphatic rings. The molecule has 3 nitrogen and oxygen atoms in total. The highest BCUT2D eigenvalue weighted by atomic mass is 16.2. The summed E-state index contributed by atoms with van der Waals surface area (Å²) in [6, 6.07) is 0. The fraction of sp³-hybridized carbons (Fsp3) is 0.917. The SMILES string of the molecule is CC1(C)CCN(C(=O)C2CCNCC2)C1. The van der Waals surface area contributed by atoms with Crippen LogP contribution in [0.25, 0.3) is 0 Å². The van der Waals surface area contributed by atoms with E-state index < -0.39 is 0 Å². The van der Waals surface area contributed by atoms with Crippen molar-refractivity contribution >= 4 is 5.91 Å². The van der Waals surface area contributed by atoms with Gasteiger partial charge in [-0.25, -0.2) is 0 Å². The van der Waals surface area contributed by atoms with Gasteiger partial charge in [0.2, 0.25) is 5.91 Å². The predicted octanol–water partition coefficient (Wildman–Crippen LogP) is 1.24. The molecule has 1 N–H and O–H groups in total. The molecule has 0 bridgehead atoms. The third-order valence-corrected chi connectivity index (χ3v) is 3.68. The molecular formula is C12H22N2O. The molecule has 2 fully saturated rings. The Balaban J connectivity index is 1.90. The van der Waals surface area contributed by atoms with Crippen molar-refractivity contribution in [3.05, 3.63) is 0 Å². The molecule has 2 saturated heterocycles. The lowest BCUT2D eigenvalue weighted by molar-refractivity contribution is -0.135. The normalized spacial score (nSPS) is 26.9. The van der Waals surface area contributed by atoms with Gasteiger partial charge >= 0.3 is 0 Å². The van der Waals surface area contributed by atoms with Gasteiger partial charge in [-0.3, -0.25) is 4.79 Å². The zero-order valence-corrected chi connectivity index (χ0v) is 9.88. The Bertz CT molecular complexity index is 244. The number of hydrogen-bond acceptors (Lipinski definition) is 2. The first kappa shape index (κ1) is 10.9. The molecule has 2 heterocycles. The molecule has 2 aliphatic heterocycles. The molecule has 0 aromatic rings. The Morgan fingerprint density at radius 1 is 1.33 bits per heavy atom. The van der Waals surface area contributed by atoms with Crippen LogP contribution in [0.3, 0.4) is 0 Å². The third kappa shape index (κ3) is 2.51. The van der Waals surface area contributed by atoms with Gasteiger partial charge in [0.25, 0.3) is 0 Å². The molecule has 15 heavy (non-hydrogen) atoms. The molecule has 0 saturated carbocycles. The van der Waals surface area contributed by atoms with Gasteiger partial charge in [-0.2, -0.15) is 0 Å². The van der Waals surface area contributed by atoms with E-state index in [1.165, 1.54) is 0 Å². The van der Waals surface area contributed by atoms with Gasteiger partial charge in [0.05, 0.1) is 0 Å². The molecule has 0 aliphatic carbocycles. The Hall–Kier alpha value is -0.570. The third-order valence-electron chi connectivity index (χ3n) is 3.68. The lowest BCUT2D eigenvalue weighted by Gasteiger charge is -2.27. The number of amides is 1. The maximum absolute atomic E-state index is 12.2. The molecule has 0 aromatic heterocycles. The lowest BCUT2D eigenvalue weighted by atomic mass is 9.93. The van der Waals surface area contributed by atoms with Crippen molar-refractivity contribution in [2.75, 3.05) is 26.2 Å². The zero-order valence-electron chi connectivity index (χ0n) is 9.88. The average Bonchev–Trinajstić information content (AvgIpc) is 2.59. The molecule has 0 radical (unpaired) electrons. The second-order valence-corrected chi connectivity index (χ2v) is 5.70.